The monoisotopic (exact) mass is 261 g/mol. The van der Waals surface area contributed by atoms with Gasteiger partial charge in [0.05, 0.1) is 5.69 Å². The van der Waals surface area contributed by atoms with E-state index in [0.717, 1.165) is 18.9 Å². The van der Waals surface area contributed by atoms with Gasteiger partial charge >= 0.3 is 0 Å². The lowest BCUT2D eigenvalue weighted by atomic mass is 10.0. The van der Waals surface area contributed by atoms with Gasteiger partial charge in [0.25, 0.3) is 0 Å². The lowest BCUT2D eigenvalue weighted by Gasteiger charge is -2.07. The van der Waals surface area contributed by atoms with Gasteiger partial charge in [-0.05, 0) is 49.2 Å². The normalized spacial score (nSPS) is 26.4. The quantitative estimate of drug-likeness (QED) is 0.899. The number of thiophene rings is 1. The predicted molar refractivity (Wildman–Crippen MR) is 75.2 cm³/mol. The van der Waals surface area contributed by atoms with Crippen molar-refractivity contribution in [3.63, 3.8) is 0 Å². The summed E-state index contributed by atoms with van der Waals surface area (Å²) in [5.41, 5.74) is 7.11. The molecule has 2 unspecified atom stereocenters. The molecular formula is C14H19N3S. The molecule has 0 radical (unpaired) electrons. The lowest BCUT2D eigenvalue weighted by molar-refractivity contribution is 0.581. The molecule has 3 nitrogen and oxygen atoms in total. The summed E-state index contributed by atoms with van der Waals surface area (Å²) in [5, 5.41) is 3.33. The molecule has 0 aromatic carbocycles. The molecule has 1 aliphatic carbocycles. The first kappa shape index (κ1) is 11.9. The maximum atomic E-state index is 5.58. The molecule has 96 valence electrons. The number of rotatable bonds is 5. The summed E-state index contributed by atoms with van der Waals surface area (Å²) >= 11 is 1.74. The van der Waals surface area contributed by atoms with Gasteiger partial charge in [0.15, 0.2) is 0 Å². The van der Waals surface area contributed by atoms with Gasteiger partial charge in [-0.1, -0.05) is 6.92 Å². The second-order valence-electron chi connectivity index (χ2n) is 5.37. The van der Waals surface area contributed by atoms with E-state index in [9.17, 15) is 0 Å². The zero-order valence-electron chi connectivity index (χ0n) is 10.7. The Morgan fingerprint density at radius 3 is 3.22 bits per heavy atom. The summed E-state index contributed by atoms with van der Waals surface area (Å²) in [6, 6.07) is 4.19. The maximum Gasteiger partial charge on any atom is 0.100 e. The Bertz CT molecular complexity index is 517. The minimum absolute atomic E-state index is 0.289. The molecule has 3 rings (SSSR count). The maximum absolute atomic E-state index is 5.58. The van der Waals surface area contributed by atoms with E-state index in [-0.39, 0.29) is 5.41 Å². The number of nitrogens with two attached hydrogens (primary N) is 1. The van der Waals surface area contributed by atoms with E-state index in [2.05, 4.69) is 40.2 Å². The highest BCUT2D eigenvalue weighted by Gasteiger charge is 2.51. The van der Waals surface area contributed by atoms with Crippen molar-refractivity contribution in [1.29, 1.82) is 0 Å². The molecule has 0 bridgehead atoms. The van der Waals surface area contributed by atoms with Gasteiger partial charge in [0, 0.05) is 11.6 Å². The second kappa shape index (κ2) is 4.52. The zero-order valence-corrected chi connectivity index (χ0v) is 11.5. The SMILES string of the molecule is CC1(c2cn(-c3cccs3)cn2)CC1CCCN. The van der Waals surface area contributed by atoms with Crippen molar-refractivity contribution in [3.05, 3.63) is 35.7 Å². The van der Waals surface area contributed by atoms with Crippen LogP contribution in [0.5, 0.6) is 0 Å². The van der Waals surface area contributed by atoms with Crippen LogP contribution in [0.2, 0.25) is 0 Å². The van der Waals surface area contributed by atoms with Gasteiger partial charge in [-0.25, -0.2) is 4.98 Å². The van der Waals surface area contributed by atoms with E-state index in [0.29, 0.717) is 0 Å². The standard InChI is InChI=1S/C14H19N3S/c1-14(8-11(14)4-2-6-15)12-9-17(10-16-12)13-5-3-7-18-13/h3,5,7,9-11H,2,4,6,8,15H2,1H3. The predicted octanol–water partition coefficient (Wildman–Crippen LogP) is 2.95. The number of nitrogens with zero attached hydrogens (tertiary/aromatic N) is 2. The fourth-order valence-corrected chi connectivity index (χ4v) is 3.38. The summed E-state index contributed by atoms with van der Waals surface area (Å²) in [5.74, 6) is 0.771. The minimum Gasteiger partial charge on any atom is -0.330 e. The van der Waals surface area contributed by atoms with Crippen LogP contribution in [-0.2, 0) is 5.41 Å². The second-order valence-corrected chi connectivity index (χ2v) is 6.29. The third-order valence-electron chi connectivity index (χ3n) is 4.10. The molecule has 0 amide bonds. The van der Waals surface area contributed by atoms with Gasteiger partial charge in [0.2, 0.25) is 0 Å². The molecule has 0 aliphatic heterocycles. The van der Waals surface area contributed by atoms with Crippen molar-refractivity contribution < 1.29 is 0 Å². The summed E-state index contributed by atoms with van der Waals surface area (Å²) in [6.07, 6.45) is 7.75. The van der Waals surface area contributed by atoms with Crippen molar-refractivity contribution in [3.8, 4) is 5.00 Å². The third kappa shape index (κ3) is 1.99. The topological polar surface area (TPSA) is 43.8 Å². The first-order chi connectivity index (χ1) is 8.74. The van der Waals surface area contributed by atoms with Crippen molar-refractivity contribution in [2.45, 2.75) is 31.6 Å². The van der Waals surface area contributed by atoms with Gasteiger partial charge in [0.1, 0.15) is 11.3 Å². The van der Waals surface area contributed by atoms with Crippen LogP contribution >= 0.6 is 11.3 Å². The molecule has 2 aromatic rings. The Morgan fingerprint density at radius 1 is 1.61 bits per heavy atom. The molecule has 0 saturated heterocycles. The van der Waals surface area contributed by atoms with E-state index in [1.165, 1.54) is 23.5 Å². The van der Waals surface area contributed by atoms with Crippen LogP contribution in [-0.4, -0.2) is 16.1 Å². The first-order valence-electron chi connectivity index (χ1n) is 6.52. The van der Waals surface area contributed by atoms with Crippen LogP contribution < -0.4 is 5.73 Å². The lowest BCUT2D eigenvalue weighted by Crippen LogP contribution is -2.06. The van der Waals surface area contributed by atoms with Crippen molar-refractivity contribution in [2.24, 2.45) is 11.7 Å². The Morgan fingerprint density at radius 2 is 2.50 bits per heavy atom. The highest BCUT2D eigenvalue weighted by Crippen LogP contribution is 2.55. The molecular weight excluding hydrogens is 242 g/mol. The number of aromatic nitrogens is 2. The Kier molecular flexibility index (Phi) is 2.99. The van der Waals surface area contributed by atoms with Crippen molar-refractivity contribution in [1.82, 2.24) is 9.55 Å². The zero-order chi connectivity index (χ0) is 12.6. The average molecular weight is 261 g/mol. The van der Waals surface area contributed by atoms with Crippen LogP contribution in [0.3, 0.4) is 0 Å². The molecule has 1 aliphatic rings. The molecule has 2 aromatic heterocycles. The Balaban J connectivity index is 1.75. The fourth-order valence-electron chi connectivity index (χ4n) is 2.71. The van der Waals surface area contributed by atoms with Crippen LogP contribution in [0, 0.1) is 5.92 Å². The van der Waals surface area contributed by atoms with Gasteiger partial charge in [-0.2, -0.15) is 0 Å². The smallest absolute Gasteiger partial charge is 0.100 e. The van der Waals surface area contributed by atoms with Crippen LogP contribution in [0.25, 0.3) is 5.00 Å². The number of hydrogen-bond donors (Lipinski definition) is 1. The molecule has 0 spiro atoms. The molecule has 4 heteroatoms. The van der Waals surface area contributed by atoms with Crippen LogP contribution in [0.1, 0.15) is 31.9 Å². The highest BCUT2D eigenvalue weighted by atomic mass is 32.1. The van der Waals surface area contributed by atoms with E-state index in [1.807, 2.05) is 6.33 Å². The number of imidazole rings is 1. The molecule has 1 saturated carbocycles. The van der Waals surface area contributed by atoms with E-state index < -0.39 is 0 Å². The van der Waals surface area contributed by atoms with Gasteiger partial charge in [-0.3, -0.25) is 4.57 Å². The Hall–Kier alpha value is -1.13. The molecule has 2 N–H and O–H groups in total. The van der Waals surface area contributed by atoms with E-state index in [4.69, 9.17) is 5.73 Å². The van der Waals surface area contributed by atoms with Gasteiger partial charge in [-0.15, -0.1) is 11.3 Å². The van der Waals surface area contributed by atoms with Crippen molar-refractivity contribution in [2.75, 3.05) is 6.54 Å². The molecule has 1 fully saturated rings. The van der Waals surface area contributed by atoms with Crippen molar-refractivity contribution >= 4 is 11.3 Å². The number of hydrogen-bond acceptors (Lipinski definition) is 3. The fraction of sp³-hybridized carbons (Fsp3) is 0.500. The summed E-state index contributed by atoms with van der Waals surface area (Å²) in [4.78, 5) is 4.60. The largest absolute Gasteiger partial charge is 0.330 e. The highest BCUT2D eigenvalue weighted by molar-refractivity contribution is 7.12. The average Bonchev–Trinajstić information content (AvgIpc) is 2.87. The minimum atomic E-state index is 0.289. The summed E-state index contributed by atoms with van der Waals surface area (Å²) in [7, 11) is 0. The summed E-state index contributed by atoms with van der Waals surface area (Å²) in [6.45, 7) is 3.13. The van der Waals surface area contributed by atoms with Gasteiger partial charge < -0.3 is 5.73 Å². The molecule has 2 atom stereocenters. The molecule has 2 heterocycles. The van der Waals surface area contributed by atoms with Crippen LogP contribution in [0.15, 0.2) is 30.0 Å². The van der Waals surface area contributed by atoms with E-state index >= 15 is 0 Å². The first-order valence-corrected chi connectivity index (χ1v) is 7.40. The molecule has 18 heavy (non-hydrogen) atoms. The van der Waals surface area contributed by atoms with E-state index in [1.54, 1.807) is 11.3 Å². The Labute approximate surface area is 112 Å². The summed E-state index contributed by atoms with van der Waals surface area (Å²) < 4.78 is 2.13. The van der Waals surface area contributed by atoms with Crippen LogP contribution in [0.4, 0.5) is 0 Å². The third-order valence-corrected chi connectivity index (χ3v) is 4.98.